The summed E-state index contributed by atoms with van der Waals surface area (Å²) in [6.45, 7) is 3.83. The molecule has 0 saturated heterocycles. The van der Waals surface area contributed by atoms with Crippen LogP contribution in [0.5, 0.6) is 0 Å². The Bertz CT molecular complexity index is 635. The summed E-state index contributed by atoms with van der Waals surface area (Å²) in [4.78, 5) is 35.6. The van der Waals surface area contributed by atoms with Gasteiger partial charge in [-0.25, -0.2) is 4.79 Å². The van der Waals surface area contributed by atoms with Gasteiger partial charge in [-0.05, 0) is 25.2 Å². The first-order valence-corrected chi connectivity index (χ1v) is 9.20. The van der Waals surface area contributed by atoms with Gasteiger partial charge >= 0.3 is 5.97 Å². The van der Waals surface area contributed by atoms with Crippen LogP contribution in [-0.2, 0) is 16.1 Å². The van der Waals surface area contributed by atoms with E-state index >= 15 is 0 Å². The molecule has 0 spiro atoms. The highest BCUT2D eigenvalue weighted by Crippen LogP contribution is 2.17. The summed E-state index contributed by atoms with van der Waals surface area (Å²) in [6, 6.07) is -0.720. The second kappa shape index (κ2) is 9.35. The van der Waals surface area contributed by atoms with Crippen LogP contribution in [0, 0.1) is 5.92 Å². The molecule has 8 nitrogen and oxygen atoms in total. The molecule has 26 heavy (non-hydrogen) atoms. The van der Waals surface area contributed by atoms with Crippen molar-refractivity contribution in [1.29, 1.82) is 0 Å². The predicted molar refractivity (Wildman–Crippen MR) is 95.6 cm³/mol. The molecule has 1 heterocycles. The second-order valence-electron chi connectivity index (χ2n) is 7.32. The van der Waals surface area contributed by atoms with Crippen LogP contribution in [0.4, 0.5) is 0 Å². The van der Waals surface area contributed by atoms with Gasteiger partial charge in [-0.2, -0.15) is 5.10 Å². The lowest BCUT2D eigenvalue weighted by Crippen LogP contribution is -2.41. The topological polar surface area (TPSA) is 113 Å². The summed E-state index contributed by atoms with van der Waals surface area (Å²) < 4.78 is 1.39. The lowest BCUT2D eigenvalue weighted by molar-refractivity contribution is -0.139. The molecule has 1 aliphatic carbocycles. The highest BCUT2D eigenvalue weighted by molar-refractivity contribution is 5.96. The minimum atomic E-state index is -1.06. The maximum atomic E-state index is 12.2. The number of nitrogens with zero attached hydrogens (tertiary/aromatic N) is 2. The highest BCUT2D eigenvalue weighted by atomic mass is 16.4. The van der Waals surface area contributed by atoms with E-state index in [4.69, 9.17) is 0 Å². The number of hydrogen-bond donors (Lipinski definition) is 3. The van der Waals surface area contributed by atoms with E-state index in [9.17, 15) is 19.5 Å². The van der Waals surface area contributed by atoms with Crippen LogP contribution in [0.2, 0.25) is 0 Å². The van der Waals surface area contributed by atoms with E-state index < -0.39 is 17.9 Å². The fourth-order valence-corrected chi connectivity index (χ4v) is 3.17. The molecule has 0 radical (unpaired) electrons. The van der Waals surface area contributed by atoms with Gasteiger partial charge in [0.15, 0.2) is 0 Å². The average molecular weight is 364 g/mol. The molecular formula is C18H28N4O4. The first kappa shape index (κ1) is 19.9. The molecule has 0 bridgehead atoms. The normalized spacial score (nSPS) is 16.3. The summed E-state index contributed by atoms with van der Waals surface area (Å²) >= 11 is 0. The number of carbonyl (C=O) groups is 3. The van der Waals surface area contributed by atoms with Crippen LogP contribution in [-0.4, -0.2) is 44.8 Å². The van der Waals surface area contributed by atoms with Crippen molar-refractivity contribution in [2.45, 2.75) is 71.0 Å². The summed E-state index contributed by atoms with van der Waals surface area (Å²) in [5, 5.41) is 18.7. The Morgan fingerprint density at radius 1 is 1.27 bits per heavy atom. The maximum absolute atomic E-state index is 12.2. The highest BCUT2D eigenvalue weighted by Gasteiger charge is 2.22. The van der Waals surface area contributed by atoms with Crippen LogP contribution in [0.1, 0.15) is 62.7 Å². The van der Waals surface area contributed by atoms with Crippen LogP contribution in [0.25, 0.3) is 0 Å². The van der Waals surface area contributed by atoms with Crippen molar-refractivity contribution in [1.82, 2.24) is 20.4 Å². The predicted octanol–water partition coefficient (Wildman–Crippen LogP) is 1.56. The standard InChI is InChI=1S/C18H28N4O4/c1-12(2)8-15(18(25)26)21-17(24)13-9-19-22(10-13)11-16(23)20-14-6-4-3-5-7-14/h9-10,12,14-15H,3-8,11H2,1-2H3,(H,20,23)(H,21,24)(H,25,26). The van der Waals surface area contributed by atoms with Gasteiger partial charge in [0.1, 0.15) is 12.6 Å². The van der Waals surface area contributed by atoms with E-state index in [2.05, 4.69) is 15.7 Å². The van der Waals surface area contributed by atoms with Crippen molar-refractivity contribution < 1.29 is 19.5 Å². The Labute approximate surface area is 153 Å². The number of rotatable bonds is 8. The van der Waals surface area contributed by atoms with Crippen LogP contribution in [0.15, 0.2) is 12.4 Å². The summed E-state index contributed by atoms with van der Waals surface area (Å²) in [7, 11) is 0. The first-order chi connectivity index (χ1) is 12.3. The molecule has 1 saturated carbocycles. The maximum Gasteiger partial charge on any atom is 0.326 e. The smallest absolute Gasteiger partial charge is 0.326 e. The SMILES string of the molecule is CC(C)CC(NC(=O)c1cnn(CC(=O)NC2CCCCC2)c1)C(=O)O. The number of amides is 2. The number of hydrogen-bond acceptors (Lipinski definition) is 4. The number of aliphatic carboxylic acids is 1. The summed E-state index contributed by atoms with van der Waals surface area (Å²) in [6.07, 6.45) is 8.66. The van der Waals surface area contributed by atoms with Crippen molar-refractivity contribution in [2.24, 2.45) is 5.92 Å². The zero-order valence-electron chi connectivity index (χ0n) is 15.4. The fraction of sp³-hybridized carbons (Fsp3) is 0.667. The van der Waals surface area contributed by atoms with Crippen molar-refractivity contribution >= 4 is 17.8 Å². The fourth-order valence-electron chi connectivity index (χ4n) is 3.17. The van der Waals surface area contributed by atoms with E-state index in [1.165, 1.54) is 23.5 Å². The van der Waals surface area contributed by atoms with E-state index in [1.54, 1.807) is 0 Å². The van der Waals surface area contributed by atoms with Gasteiger partial charge in [0.2, 0.25) is 5.91 Å². The molecule has 2 rings (SSSR count). The lowest BCUT2D eigenvalue weighted by Gasteiger charge is -2.22. The molecule has 1 atom stereocenters. The minimum absolute atomic E-state index is 0.0398. The number of nitrogens with one attached hydrogen (secondary N) is 2. The Balaban J connectivity index is 1.88. The zero-order chi connectivity index (χ0) is 19.1. The second-order valence-corrected chi connectivity index (χ2v) is 7.32. The van der Waals surface area contributed by atoms with Crippen LogP contribution < -0.4 is 10.6 Å². The molecule has 1 aromatic rings. The molecular weight excluding hydrogens is 336 g/mol. The Morgan fingerprint density at radius 3 is 2.58 bits per heavy atom. The van der Waals surface area contributed by atoms with E-state index in [0.717, 1.165) is 25.7 Å². The van der Waals surface area contributed by atoms with E-state index in [0.29, 0.717) is 6.42 Å². The van der Waals surface area contributed by atoms with Gasteiger partial charge in [-0.3, -0.25) is 14.3 Å². The van der Waals surface area contributed by atoms with Gasteiger partial charge < -0.3 is 15.7 Å². The molecule has 2 amide bonds. The third kappa shape index (κ3) is 6.16. The Hall–Kier alpha value is -2.38. The van der Waals surface area contributed by atoms with Gasteiger partial charge in [0, 0.05) is 12.2 Å². The third-order valence-corrected chi connectivity index (χ3v) is 4.48. The third-order valence-electron chi connectivity index (χ3n) is 4.48. The van der Waals surface area contributed by atoms with Crippen molar-refractivity contribution in [3.05, 3.63) is 18.0 Å². The molecule has 3 N–H and O–H groups in total. The Morgan fingerprint density at radius 2 is 1.96 bits per heavy atom. The quantitative estimate of drug-likeness (QED) is 0.648. The van der Waals surface area contributed by atoms with Crippen molar-refractivity contribution in [3.8, 4) is 0 Å². The molecule has 8 heteroatoms. The van der Waals surface area contributed by atoms with Crippen LogP contribution in [0.3, 0.4) is 0 Å². The van der Waals surface area contributed by atoms with Crippen molar-refractivity contribution in [3.63, 3.8) is 0 Å². The molecule has 0 aromatic carbocycles. The summed E-state index contributed by atoms with van der Waals surface area (Å²) in [5.74, 6) is -1.55. The first-order valence-electron chi connectivity index (χ1n) is 9.20. The monoisotopic (exact) mass is 364 g/mol. The number of carboxylic acid groups (broad SMARTS) is 1. The number of carboxylic acids is 1. The van der Waals surface area contributed by atoms with Gasteiger partial charge in [-0.15, -0.1) is 0 Å². The molecule has 0 aliphatic heterocycles. The largest absolute Gasteiger partial charge is 0.480 e. The number of aromatic nitrogens is 2. The Kier molecular flexibility index (Phi) is 7.17. The van der Waals surface area contributed by atoms with E-state index in [1.807, 2.05) is 13.8 Å². The zero-order valence-corrected chi connectivity index (χ0v) is 15.4. The molecule has 1 aliphatic rings. The van der Waals surface area contributed by atoms with E-state index in [-0.39, 0.29) is 30.0 Å². The van der Waals surface area contributed by atoms with Gasteiger partial charge in [0.05, 0.1) is 11.8 Å². The molecule has 144 valence electrons. The molecule has 1 unspecified atom stereocenters. The summed E-state index contributed by atoms with van der Waals surface area (Å²) in [5.41, 5.74) is 0.241. The van der Waals surface area contributed by atoms with Gasteiger partial charge in [-0.1, -0.05) is 33.1 Å². The average Bonchev–Trinajstić information content (AvgIpc) is 3.03. The van der Waals surface area contributed by atoms with Gasteiger partial charge in [0.25, 0.3) is 5.91 Å². The van der Waals surface area contributed by atoms with Crippen LogP contribution >= 0.6 is 0 Å². The van der Waals surface area contributed by atoms with Crippen molar-refractivity contribution in [2.75, 3.05) is 0 Å². The minimum Gasteiger partial charge on any atom is -0.480 e. The lowest BCUT2D eigenvalue weighted by atomic mass is 9.95. The molecule has 1 aromatic heterocycles. The molecule has 1 fully saturated rings. The number of carbonyl (C=O) groups excluding carboxylic acids is 2.